The molecule has 1 atom stereocenters. The van der Waals surface area contributed by atoms with Crippen LogP contribution in [0.25, 0.3) is 11.2 Å². The van der Waals surface area contributed by atoms with Crippen LogP contribution in [-0.4, -0.2) is 46.2 Å². The van der Waals surface area contributed by atoms with Crippen LogP contribution < -0.4 is 21.6 Å². The average Bonchev–Trinajstić information content (AvgIpc) is 3.03. The Bertz CT molecular complexity index is 1250. The van der Waals surface area contributed by atoms with Crippen molar-refractivity contribution < 1.29 is 4.79 Å². The second kappa shape index (κ2) is 8.24. The fraction of sp³-hybridized carbons (Fsp3) is 0.364. The highest BCUT2D eigenvalue weighted by Crippen LogP contribution is 2.29. The predicted molar refractivity (Wildman–Crippen MR) is 118 cm³/mol. The number of nitrogens with one attached hydrogen (secondary N) is 1. The summed E-state index contributed by atoms with van der Waals surface area (Å²) in [7, 11) is 3.19. The van der Waals surface area contributed by atoms with Gasteiger partial charge in [0.1, 0.15) is 11.2 Å². The molecule has 0 aliphatic carbocycles. The van der Waals surface area contributed by atoms with Gasteiger partial charge in [0, 0.05) is 33.2 Å². The van der Waals surface area contributed by atoms with E-state index in [1.54, 1.807) is 36.9 Å². The molecular weight excluding hydrogens is 394 g/mol. The van der Waals surface area contributed by atoms with Gasteiger partial charge in [-0.05, 0) is 30.5 Å². The second-order valence-corrected chi connectivity index (χ2v) is 7.82. The number of hydrogen-bond donors (Lipinski definition) is 2. The molecule has 3 aromatic rings. The second-order valence-electron chi connectivity index (χ2n) is 7.82. The lowest BCUT2D eigenvalue weighted by Gasteiger charge is -2.33. The van der Waals surface area contributed by atoms with Crippen molar-refractivity contribution in [2.75, 3.05) is 25.0 Å². The maximum atomic E-state index is 13.2. The number of anilines is 1. The molecule has 31 heavy (non-hydrogen) atoms. The Morgan fingerprint density at radius 1 is 1.39 bits per heavy atom. The normalized spacial score (nSPS) is 16.3. The van der Waals surface area contributed by atoms with Crippen LogP contribution in [0.3, 0.4) is 0 Å². The summed E-state index contributed by atoms with van der Waals surface area (Å²) in [4.78, 5) is 32.2. The van der Waals surface area contributed by atoms with Crippen molar-refractivity contribution in [1.29, 1.82) is 5.26 Å². The van der Waals surface area contributed by atoms with Crippen LogP contribution in [0.5, 0.6) is 0 Å². The highest BCUT2D eigenvalue weighted by atomic mass is 16.2. The van der Waals surface area contributed by atoms with Gasteiger partial charge >= 0.3 is 5.69 Å². The zero-order valence-electron chi connectivity index (χ0n) is 17.6. The fourth-order valence-corrected chi connectivity index (χ4v) is 4.17. The molecule has 3 N–H and O–H groups in total. The number of benzene rings is 1. The quantitative estimate of drug-likeness (QED) is 0.649. The molecule has 160 valence electrons. The van der Waals surface area contributed by atoms with Crippen molar-refractivity contribution in [2.24, 2.45) is 12.8 Å². The summed E-state index contributed by atoms with van der Waals surface area (Å²) >= 11 is 0. The third-order valence-corrected chi connectivity index (χ3v) is 5.78. The number of hydrogen-bond acceptors (Lipinski definition) is 6. The van der Waals surface area contributed by atoms with Gasteiger partial charge in [0.2, 0.25) is 0 Å². The van der Waals surface area contributed by atoms with Gasteiger partial charge in [0.25, 0.3) is 5.91 Å². The van der Waals surface area contributed by atoms with Crippen LogP contribution in [0.4, 0.5) is 5.69 Å². The van der Waals surface area contributed by atoms with E-state index in [1.807, 2.05) is 12.1 Å². The summed E-state index contributed by atoms with van der Waals surface area (Å²) in [5.41, 5.74) is 9.29. The molecule has 0 spiro atoms. The SMILES string of the molecule is CNC(=O)c1cc(N2CCC[C@@H](N)C2)c2c(n1)n(C)c(=O)n2Cc1ccccc1C#N. The Morgan fingerprint density at radius 2 is 2.16 bits per heavy atom. The number of piperidine rings is 1. The Labute approximate surface area is 179 Å². The predicted octanol–water partition coefficient (Wildman–Crippen LogP) is 0.942. The van der Waals surface area contributed by atoms with E-state index in [0.717, 1.165) is 30.6 Å². The van der Waals surface area contributed by atoms with Crippen LogP contribution in [-0.2, 0) is 13.6 Å². The van der Waals surface area contributed by atoms with Gasteiger partial charge in [0.15, 0.2) is 5.65 Å². The lowest BCUT2D eigenvalue weighted by Crippen LogP contribution is -2.43. The summed E-state index contributed by atoms with van der Waals surface area (Å²) in [5, 5.41) is 12.1. The molecule has 1 aliphatic heterocycles. The topological polar surface area (TPSA) is 122 Å². The van der Waals surface area contributed by atoms with E-state index in [9.17, 15) is 14.9 Å². The minimum atomic E-state index is -0.320. The van der Waals surface area contributed by atoms with E-state index >= 15 is 0 Å². The van der Waals surface area contributed by atoms with E-state index in [1.165, 1.54) is 4.57 Å². The van der Waals surface area contributed by atoms with Crippen LogP contribution in [0.1, 0.15) is 34.5 Å². The number of nitrogens with zero attached hydrogens (tertiary/aromatic N) is 5. The van der Waals surface area contributed by atoms with Gasteiger partial charge < -0.3 is 16.0 Å². The number of pyridine rings is 1. The van der Waals surface area contributed by atoms with Crippen LogP contribution in [0.15, 0.2) is 35.1 Å². The molecular formula is C22H25N7O2. The standard InChI is InChI=1S/C22H25N7O2/c1-25-21(30)17-10-18(28-9-5-8-16(24)13-28)19-20(26-17)27(2)22(31)29(19)12-15-7-4-3-6-14(15)11-23/h3-4,6-7,10,16H,5,8-9,12-13,24H2,1-2H3,(H,25,30)/t16-/m1/s1. The largest absolute Gasteiger partial charge is 0.368 e. The summed E-state index contributed by atoms with van der Waals surface area (Å²) < 4.78 is 3.08. The summed E-state index contributed by atoms with van der Waals surface area (Å²) in [5.74, 6) is -0.320. The average molecular weight is 419 g/mol. The number of aryl methyl sites for hydroxylation is 1. The Hall–Kier alpha value is -3.64. The molecule has 0 saturated carbocycles. The van der Waals surface area contributed by atoms with E-state index < -0.39 is 0 Å². The first-order valence-corrected chi connectivity index (χ1v) is 10.3. The Morgan fingerprint density at radius 3 is 2.87 bits per heavy atom. The summed E-state index contributed by atoms with van der Waals surface area (Å²) in [6, 6.07) is 11.2. The first-order chi connectivity index (χ1) is 14.9. The minimum absolute atomic E-state index is 0.0172. The number of carbonyl (C=O) groups excluding carboxylic acids is 1. The van der Waals surface area contributed by atoms with Gasteiger partial charge in [-0.3, -0.25) is 13.9 Å². The number of carbonyl (C=O) groups is 1. The van der Waals surface area contributed by atoms with Crippen molar-refractivity contribution in [1.82, 2.24) is 19.4 Å². The molecule has 0 bridgehead atoms. The lowest BCUT2D eigenvalue weighted by atomic mass is 10.1. The van der Waals surface area contributed by atoms with Crippen LogP contribution >= 0.6 is 0 Å². The van der Waals surface area contributed by atoms with Crippen molar-refractivity contribution in [3.63, 3.8) is 0 Å². The maximum absolute atomic E-state index is 13.2. The highest BCUT2D eigenvalue weighted by molar-refractivity contribution is 5.98. The molecule has 3 heterocycles. The van der Waals surface area contributed by atoms with Crippen LogP contribution in [0, 0.1) is 11.3 Å². The van der Waals surface area contributed by atoms with Gasteiger partial charge in [-0.25, -0.2) is 9.78 Å². The lowest BCUT2D eigenvalue weighted by molar-refractivity contribution is 0.0958. The zero-order chi connectivity index (χ0) is 22.1. The van der Waals surface area contributed by atoms with Gasteiger partial charge in [-0.1, -0.05) is 18.2 Å². The van der Waals surface area contributed by atoms with Crippen molar-refractivity contribution >= 4 is 22.8 Å². The number of nitrogens with two attached hydrogens (primary N) is 1. The van der Waals surface area contributed by atoms with Gasteiger partial charge in [-0.2, -0.15) is 5.26 Å². The number of amides is 1. The molecule has 9 heteroatoms. The zero-order valence-corrected chi connectivity index (χ0v) is 17.6. The smallest absolute Gasteiger partial charge is 0.330 e. The van der Waals surface area contributed by atoms with Gasteiger partial charge in [0.05, 0.1) is 23.9 Å². The molecule has 2 aromatic heterocycles. The van der Waals surface area contributed by atoms with Crippen molar-refractivity contribution in [3.05, 3.63) is 57.6 Å². The molecule has 1 amide bonds. The number of imidazole rings is 1. The first-order valence-electron chi connectivity index (χ1n) is 10.3. The minimum Gasteiger partial charge on any atom is -0.368 e. The van der Waals surface area contributed by atoms with Crippen molar-refractivity contribution in [2.45, 2.75) is 25.4 Å². The number of fused-ring (bicyclic) bond motifs is 1. The molecule has 1 saturated heterocycles. The maximum Gasteiger partial charge on any atom is 0.330 e. The van der Waals surface area contributed by atoms with Gasteiger partial charge in [-0.15, -0.1) is 0 Å². The molecule has 1 aromatic carbocycles. The Balaban J connectivity index is 1.97. The molecule has 9 nitrogen and oxygen atoms in total. The first kappa shape index (κ1) is 20.6. The number of aromatic nitrogens is 3. The summed E-state index contributed by atoms with van der Waals surface area (Å²) in [6.07, 6.45) is 1.86. The molecule has 1 aliphatic rings. The van der Waals surface area contributed by atoms with E-state index in [2.05, 4.69) is 21.3 Å². The van der Waals surface area contributed by atoms with E-state index in [4.69, 9.17) is 5.73 Å². The number of nitriles is 1. The van der Waals surface area contributed by atoms with Crippen LogP contribution in [0.2, 0.25) is 0 Å². The molecule has 0 radical (unpaired) electrons. The third-order valence-electron chi connectivity index (χ3n) is 5.78. The third kappa shape index (κ3) is 3.66. The summed E-state index contributed by atoms with van der Waals surface area (Å²) in [6.45, 7) is 1.63. The molecule has 1 fully saturated rings. The van der Waals surface area contributed by atoms with E-state index in [-0.39, 0.29) is 29.9 Å². The van der Waals surface area contributed by atoms with Crippen molar-refractivity contribution in [3.8, 4) is 6.07 Å². The monoisotopic (exact) mass is 419 g/mol. The molecule has 0 unspecified atom stereocenters. The highest BCUT2D eigenvalue weighted by Gasteiger charge is 2.25. The number of rotatable bonds is 4. The van der Waals surface area contributed by atoms with E-state index in [0.29, 0.717) is 23.3 Å². The fourth-order valence-electron chi connectivity index (χ4n) is 4.17. The Kier molecular flexibility index (Phi) is 5.48. The molecule has 4 rings (SSSR count).